The van der Waals surface area contributed by atoms with Crippen molar-refractivity contribution in [2.45, 2.75) is 32.1 Å². The maximum Gasteiger partial charge on any atom is 0.0439 e. The number of allylic oxidation sites excluding steroid dienone is 1. The van der Waals surface area contributed by atoms with Crippen LogP contribution >= 0.6 is 43.5 Å². The summed E-state index contributed by atoms with van der Waals surface area (Å²) in [5, 5.41) is 0. The summed E-state index contributed by atoms with van der Waals surface area (Å²) in [6.45, 7) is 0. The highest BCUT2D eigenvalue weighted by molar-refractivity contribution is 9.13. The topological polar surface area (TPSA) is 0 Å². The second-order valence-corrected chi connectivity index (χ2v) is 6.84. The third-order valence-electron chi connectivity index (χ3n) is 3.58. The number of hydrogen-bond acceptors (Lipinski definition) is 0. The Kier molecular flexibility index (Phi) is 5.78. The van der Waals surface area contributed by atoms with Crippen LogP contribution in [0.15, 0.2) is 32.7 Å². The Morgan fingerprint density at radius 1 is 1.17 bits per heavy atom. The van der Waals surface area contributed by atoms with Gasteiger partial charge in [0.2, 0.25) is 0 Å². The van der Waals surface area contributed by atoms with Gasteiger partial charge in [-0.3, -0.25) is 0 Å². The van der Waals surface area contributed by atoms with Crippen molar-refractivity contribution in [1.82, 2.24) is 0 Å². The second kappa shape index (κ2) is 7.12. The lowest BCUT2D eigenvalue weighted by atomic mass is 9.84. The van der Waals surface area contributed by atoms with Crippen molar-refractivity contribution in [2.75, 3.05) is 5.88 Å². The molecule has 98 valence electrons. The lowest BCUT2D eigenvalue weighted by Gasteiger charge is -2.23. The largest absolute Gasteiger partial charge is 0.122 e. The van der Waals surface area contributed by atoms with Gasteiger partial charge in [0.05, 0.1) is 0 Å². The minimum atomic E-state index is 0.651. The van der Waals surface area contributed by atoms with Gasteiger partial charge >= 0.3 is 0 Å². The van der Waals surface area contributed by atoms with Gasteiger partial charge in [0.15, 0.2) is 0 Å². The van der Waals surface area contributed by atoms with Crippen LogP contribution in [0.1, 0.15) is 37.7 Å². The van der Waals surface area contributed by atoms with E-state index >= 15 is 0 Å². The predicted molar refractivity (Wildman–Crippen MR) is 87.1 cm³/mol. The Morgan fingerprint density at radius 3 is 2.50 bits per heavy atom. The molecule has 0 heterocycles. The Morgan fingerprint density at radius 2 is 1.89 bits per heavy atom. The molecule has 0 atom stereocenters. The van der Waals surface area contributed by atoms with Crippen molar-refractivity contribution < 1.29 is 0 Å². The zero-order valence-electron chi connectivity index (χ0n) is 10.3. The van der Waals surface area contributed by atoms with Crippen molar-refractivity contribution in [3.63, 3.8) is 0 Å². The first-order chi connectivity index (χ1) is 8.70. The fraction of sp³-hybridized carbons (Fsp3) is 0.467. The molecular formula is C15H17Br2Cl. The van der Waals surface area contributed by atoms with Crippen molar-refractivity contribution in [2.24, 2.45) is 5.92 Å². The first-order valence-electron chi connectivity index (χ1n) is 6.42. The van der Waals surface area contributed by atoms with Crippen LogP contribution in [0.4, 0.5) is 0 Å². The van der Waals surface area contributed by atoms with Gasteiger partial charge in [0, 0.05) is 14.8 Å². The lowest BCUT2D eigenvalue weighted by molar-refractivity contribution is 0.405. The van der Waals surface area contributed by atoms with E-state index in [1.807, 2.05) is 0 Å². The van der Waals surface area contributed by atoms with Crippen molar-refractivity contribution >= 4 is 49.5 Å². The van der Waals surface area contributed by atoms with Gasteiger partial charge in [-0.1, -0.05) is 37.0 Å². The lowest BCUT2D eigenvalue weighted by Crippen LogP contribution is -2.10. The third kappa shape index (κ3) is 3.85. The molecule has 0 bridgehead atoms. The standard InChI is InChI=1S/C15H17Br2Cl/c16-14-7-6-11(9-15(14)17)8-13(10-18)12-4-2-1-3-5-12/h6-9,12H,1-5,10H2/b13-8-. The third-order valence-corrected chi connectivity index (χ3v) is 5.77. The average Bonchev–Trinajstić information content (AvgIpc) is 2.41. The van der Waals surface area contributed by atoms with Gasteiger partial charge < -0.3 is 0 Å². The van der Waals surface area contributed by atoms with Crippen LogP contribution in [0.2, 0.25) is 0 Å². The summed E-state index contributed by atoms with van der Waals surface area (Å²) >= 11 is 13.2. The van der Waals surface area contributed by atoms with Crippen LogP contribution in [0.5, 0.6) is 0 Å². The molecule has 1 aromatic carbocycles. The Balaban J connectivity index is 2.19. The highest BCUT2D eigenvalue weighted by Crippen LogP contribution is 2.32. The molecule has 0 radical (unpaired) electrons. The van der Waals surface area contributed by atoms with E-state index in [1.165, 1.54) is 43.2 Å². The molecule has 0 unspecified atom stereocenters. The summed E-state index contributed by atoms with van der Waals surface area (Å²) in [5.74, 6) is 1.34. The van der Waals surface area contributed by atoms with Gasteiger partial charge in [-0.15, -0.1) is 11.6 Å². The number of rotatable bonds is 3. The molecule has 18 heavy (non-hydrogen) atoms. The zero-order chi connectivity index (χ0) is 13.0. The smallest absolute Gasteiger partial charge is 0.0439 e. The fourth-order valence-corrected chi connectivity index (χ4v) is 3.49. The minimum Gasteiger partial charge on any atom is -0.122 e. The van der Waals surface area contributed by atoms with Gasteiger partial charge in [-0.2, -0.15) is 0 Å². The van der Waals surface area contributed by atoms with E-state index in [2.05, 4.69) is 56.1 Å². The highest BCUT2D eigenvalue weighted by Gasteiger charge is 2.17. The first-order valence-corrected chi connectivity index (χ1v) is 8.54. The summed E-state index contributed by atoms with van der Waals surface area (Å²) in [5.41, 5.74) is 2.62. The van der Waals surface area contributed by atoms with Gasteiger partial charge in [0.25, 0.3) is 0 Å². The summed E-state index contributed by atoms with van der Waals surface area (Å²) in [4.78, 5) is 0. The molecule has 1 fully saturated rings. The molecule has 0 aliphatic heterocycles. The molecule has 1 aliphatic carbocycles. The molecule has 0 nitrogen and oxygen atoms in total. The molecule has 1 saturated carbocycles. The van der Waals surface area contributed by atoms with Crippen LogP contribution in [0, 0.1) is 5.92 Å². The van der Waals surface area contributed by atoms with Crippen LogP contribution < -0.4 is 0 Å². The summed E-state index contributed by atoms with van der Waals surface area (Å²) in [7, 11) is 0. The van der Waals surface area contributed by atoms with Crippen LogP contribution in [0.3, 0.4) is 0 Å². The molecule has 0 aromatic heterocycles. The maximum atomic E-state index is 6.13. The van der Waals surface area contributed by atoms with Gasteiger partial charge in [-0.05, 0) is 68.3 Å². The van der Waals surface area contributed by atoms with E-state index < -0.39 is 0 Å². The van der Waals surface area contributed by atoms with E-state index in [9.17, 15) is 0 Å². The fourth-order valence-electron chi connectivity index (χ4n) is 2.56. The summed E-state index contributed by atoms with van der Waals surface area (Å²) in [6.07, 6.45) is 8.95. The summed E-state index contributed by atoms with van der Waals surface area (Å²) in [6, 6.07) is 6.34. The van der Waals surface area contributed by atoms with Crippen LogP contribution in [0.25, 0.3) is 6.08 Å². The molecule has 0 spiro atoms. The van der Waals surface area contributed by atoms with E-state index in [4.69, 9.17) is 11.6 Å². The van der Waals surface area contributed by atoms with Crippen LogP contribution in [-0.4, -0.2) is 5.88 Å². The highest BCUT2D eigenvalue weighted by atomic mass is 79.9. The van der Waals surface area contributed by atoms with E-state index in [0.29, 0.717) is 11.8 Å². The summed E-state index contributed by atoms with van der Waals surface area (Å²) < 4.78 is 2.18. The molecule has 1 aliphatic rings. The molecule has 0 amide bonds. The van der Waals surface area contributed by atoms with E-state index in [0.717, 1.165) is 8.95 Å². The molecule has 0 saturated heterocycles. The quantitative estimate of drug-likeness (QED) is 0.521. The van der Waals surface area contributed by atoms with Gasteiger partial charge in [-0.25, -0.2) is 0 Å². The molecule has 1 aromatic rings. The number of halogens is 3. The Labute approximate surface area is 131 Å². The van der Waals surface area contributed by atoms with E-state index in [1.54, 1.807) is 0 Å². The minimum absolute atomic E-state index is 0.651. The van der Waals surface area contributed by atoms with Crippen molar-refractivity contribution in [1.29, 1.82) is 0 Å². The molecule has 2 rings (SSSR count). The number of benzene rings is 1. The number of alkyl halides is 1. The van der Waals surface area contributed by atoms with Crippen molar-refractivity contribution in [3.05, 3.63) is 38.3 Å². The molecule has 3 heteroatoms. The maximum absolute atomic E-state index is 6.13. The monoisotopic (exact) mass is 390 g/mol. The zero-order valence-corrected chi connectivity index (χ0v) is 14.2. The normalized spacial score (nSPS) is 18.1. The first kappa shape index (κ1) is 14.6. The Bertz CT molecular complexity index is 434. The molecular weight excluding hydrogens is 375 g/mol. The number of hydrogen-bond donors (Lipinski definition) is 0. The van der Waals surface area contributed by atoms with E-state index in [-0.39, 0.29) is 0 Å². The molecule has 0 N–H and O–H groups in total. The predicted octanol–water partition coefficient (Wildman–Crippen LogP) is 6.41. The van der Waals surface area contributed by atoms with Crippen LogP contribution in [-0.2, 0) is 0 Å². The Hall–Kier alpha value is 0.210. The SMILES string of the molecule is ClC/C(=C/c1ccc(Br)c(Br)c1)C1CCCCC1. The van der Waals surface area contributed by atoms with Crippen molar-refractivity contribution in [3.8, 4) is 0 Å². The van der Waals surface area contributed by atoms with Gasteiger partial charge in [0.1, 0.15) is 0 Å². The second-order valence-electron chi connectivity index (χ2n) is 4.86. The average molecular weight is 393 g/mol.